The van der Waals surface area contributed by atoms with Crippen LogP contribution in [0.5, 0.6) is 0 Å². The third kappa shape index (κ3) is 1.96. The van der Waals surface area contributed by atoms with E-state index in [0.717, 1.165) is 28.8 Å². The van der Waals surface area contributed by atoms with Crippen LogP contribution in [0.3, 0.4) is 0 Å². The van der Waals surface area contributed by atoms with Crippen molar-refractivity contribution in [1.29, 1.82) is 0 Å². The summed E-state index contributed by atoms with van der Waals surface area (Å²) in [5.74, 6) is -0.551. The average Bonchev–Trinajstić information content (AvgIpc) is 2.96. The second kappa shape index (κ2) is 5.38. The van der Waals surface area contributed by atoms with Crippen LogP contribution in [0.15, 0.2) is 34.6 Å². The van der Waals surface area contributed by atoms with Crippen molar-refractivity contribution in [2.75, 3.05) is 13.2 Å². The first-order valence-corrected chi connectivity index (χ1v) is 8.98. The standard InChI is InChI=1S/C19H23N2O4/c1-4-25-18(23)21-15-8-7-14-12-6-5-9-20(24)17(22)19(14,3)11(2)16(21)10-13(12)15/h5-6,11,16H,4,7-10H2,1-3H3/q+1. The zero-order valence-corrected chi connectivity index (χ0v) is 14.9. The van der Waals surface area contributed by atoms with Gasteiger partial charge in [-0.3, -0.25) is 4.90 Å². The van der Waals surface area contributed by atoms with Gasteiger partial charge in [0, 0.05) is 22.6 Å². The van der Waals surface area contributed by atoms with E-state index in [1.54, 1.807) is 17.9 Å². The highest BCUT2D eigenvalue weighted by atomic mass is 16.6. The van der Waals surface area contributed by atoms with Gasteiger partial charge in [0.25, 0.3) is 0 Å². The number of amides is 2. The molecule has 0 spiro atoms. The normalized spacial score (nSPS) is 33.6. The van der Waals surface area contributed by atoms with Gasteiger partial charge in [-0.2, -0.15) is 0 Å². The number of carbonyl (C=O) groups excluding carboxylic acids is 2. The molecule has 0 radical (unpaired) electrons. The topological polar surface area (TPSA) is 66.7 Å². The third-order valence-corrected chi connectivity index (χ3v) is 6.45. The minimum absolute atomic E-state index is 0.0762. The van der Waals surface area contributed by atoms with Crippen molar-refractivity contribution < 1.29 is 19.1 Å². The molecule has 0 saturated carbocycles. The van der Waals surface area contributed by atoms with Gasteiger partial charge in [0.15, 0.2) is 0 Å². The maximum atomic E-state index is 13.1. The first-order valence-electron chi connectivity index (χ1n) is 8.98. The minimum atomic E-state index is -0.884. The van der Waals surface area contributed by atoms with Crippen LogP contribution in [0.1, 0.15) is 40.0 Å². The second-order valence-corrected chi connectivity index (χ2v) is 7.42. The summed E-state index contributed by atoms with van der Waals surface area (Å²) in [4.78, 5) is 39.8. The number of hydrogen-bond donors (Lipinski definition) is 0. The van der Waals surface area contributed by atoms with Gasteiger partial charge in [-0.15, -0.1) is 0 Å². The summed E-state index contributed by atoms with van der Waals surface area (Å²) < 4.78 is 5.86. The van der Waals surface area contributed by atoms with Crippen molar-refractivity contribution in [3.63, 3.8) is 0 Å². The zero-order chi connectivity index (χ0) is 17.9. The SMILES string of the molecule is CCOC(=O)N1C2=C3CC1C(C)C1(C)C(=O)[N+](=O)CC=CC3=C1CC2. The van der Waals surface area contributed by atoms with Crippen LogP contribution in [0.2, 0.25) is 0 Å². The van der Waals surface area contributed by atoms with Gasteiger partial charge in [0.05, 0.1) is 11.4 Å². The molecular formula is C19H23N2O4+. The molecule has 0 saturated heterocycles. The Labute approximate surface area is 146 Å². The monoisotopic (exact) mass is 343 g/mol. The van der Waals surface area contributed by atoms with Crippen LogP contribution < -0.4 is 0 Å². The molecule has 2 heterocycles. The zero-order valence-electron chi connectivity index (χ0n) is 14.9. The molecule has 2 aliphatic heterocycles. The Morgan fingerprint density at radius 1 is 1.44 bits per heavy atom. The van der Waals surface area contributed by atoms with Gasteiger partial charge in [-0.05, 0) is 55.9 Å². The van der Waals surface area contributed by atoms with E-state index in [9.17, 15) is 14.5 Å². The van der Waals surface area contributed by atoms with Crippen LogP contribution in [0, 0.1) is 16.2 Å². The fraction of sp³-hybridized carbons (Fsp3) is 0.579. The molecular weight excluding hydrogens is 320 g/mol. The van der Waals surface area contributed by atoms with E-state index in [4.69, 9.17) is 4.74 Å². The first kappa shape index (κ1) is 16.2. The summed E-state index contributed by atoms with van der Waals surface area (Å²) in [5.41, 5.74) is 3.43. The molecule has 0 aromatic rings. The highest BCUT2D eigenvalue weighted by Crippen LogP contribution is 2.57. The van der Waals surface area contributed by atoms with E-state index >= 15 is 0 Å². The molecule has 4 rings (SSSR count). The Bertz CT molecular complexity index is 791. The summed E-state index contributed by atoms with van der Waals surface area (Å²) in [5, 5.41) is 0. The molecule has 2 amide bonds. The number of fused-ring (bicyclic) bond motifs is 1. The van der Waals surface area contributed by atoms with Crippen LogP contribution >= 0.6 is 0 Å². The Kier molecular flexibility index (Phi) is 3.49. The number of allylic oxidation sites excluding steroid dienone is 3. The number of nitrogens with zero attached hydrogens (tertiary/aromatic N) is 2. The van der Waals surface area contributed by atoms with Gasteiger partial charge in [0.2, 0.25) is 6.54 Å². The van der Waals surface area contributed by atoms with Crippen molar-refractivity contribution >= 4 is 12.0 Å². The number of hydrogen-bond acceptors (Lipinski definition) is 4. The van der Waals surface area contributed by atoms with Crippen LogP contribution in [0.4, 0.5) is 4.79 Å². The molecule has 4 aliphatic rings. The van der Waals surface area contributed by atoms with Crippen LogP contribution in [-0.2, 0) is 9.53 Å². The molecule has 6 nitrogen and oxygen atoms in total. The summed E-state index contributed by atoms with van der Waals surface area (Å²) in [6, 6.07) is -0.148. The second-order valence-electron chi connectivity index (χ2n) is 7.42. The molecule has 25 heavy (non-hydrogen) atoms. The van der Waals surface area contributed by atoms with Crippen molar-refractivity contribution in [2.24, 2.45) is 11.3 Å². The number of rotatable bonds is 1. The Morgan fingerprint density at radius 2 is 2.20 bits per heavy atom. The molecule has 0 aromatic heterocycles. The van der Waals surface area contributed by atoms with Gasteiger partial charge in [-0.1, -0.05) is 13.0 Å². The number of ether oxygens (including phenoxy) is 1. The minimum Gasteiger partial charge on any atom is -0.449 e. The molecule has 3 unspecified atom stereocenters. The Balaban J connectivity index is 1.96. The molecule has 6 heteroatoms. The van der Waals surface area contributed by atoms with Crippen molar-refractivity contribution in [3.05, 3.63) is 39.5 Å². The summed E-state index contributed by atoms with van der Waals surface area (Å²) in [6.07, 6.45) is 5.52. The van der Waals surface area contributed by atoms with E-state index in [2.05, 4.69) is 0 Å². The number of nitroso groups, excluding NO2 is 1. The summed E-state index contributed by atoms with van der Waals surface area (Å²) in [6.45, 7) is 6.06. The third-order valence-electron chi connectivity index (χ3n) is 6.45. The smallest absolute Gasteiger partial charge is 0.443 e. The molecule has 0 N–H and O–H groups in total. The molecule has 3 atom stereocenters. The summed E-state index contributed by atoms with van der Waals surface area (Å²) >= 11 is 0. The molecule has 0 aromatic carbocycles. The fourth-order valence-electron chi connectivity index (χ4n) is 5.03. The lowest BCUT2D eigenvalue weighted by molar-refractivity contribution is -0.467. The highest BCUT2D eigenvalue weighted by molar-refractivity contribution is 5.83. The molecule has 0 fully saturated rings. The van der Waals surface area contributed by atoms with E-state index < -0.39 is 11.3 Å². The average molecular weight is 343 g/mol. The maximum absolute atomic E-state index is 13.1. The fourth-order valence-corrected chi connectivity index (χ4v) is 5.03. The predicted molar refractivity (Wildman–Crippen MR) is 90.5 cm³/mol. The lowest BCUT2D eigenvalue weighted by Gasteiger charge is -2.43. The van der Waals surface area contributed by atoms with Crippen molar-refractivity contribution in [3.8, 4) is 0 Å². The first-order chi connectivity index (χ1) is 11.9. The number of likely N-dealkylation sites (tertiary alicyclic amines) is 1. The van der Waals surface area contributed by atoms with Crippen molar-refractivity contribution in [1.82, 2.24) is 4.90 Å². The predicted octanol–water partition coefficient (Wildman–Crippen LogP) is 3.09. The van der Waals surface area contributed by atoms with E-state index in [0.29, 0.717) is 24.2 Å². The largest absolute Gasteiger partial charge is 0.449 e. The molecule has 5 bridgehead atoms. The lowest BCUT2D eigenvalue weighted by atomic mass is 9.65. The van der Waals surface area contributed by atoms with Gasteiger partial charge in [0.1, 0.15) is 5.41 Å². The van der Waals surface area contributed by atoms with Crippen LogP contribution in [0.25, 0.3) is 0 Å². The Morgan fingerprint density at radius 3 is 2.92 bits per heavy atom. The van der Waals surface area contributed by atoms with Gasteiger partial charge < -0.3 is 4.74 Å². The van der Waals surface area contributed by atoms with E-state index in [-0.39, 0.29) is 24.6 Å². The van der Waals surface area contributed by atoms with Gasteiger partial charge in [-0.25, -0.2) is 9.59 Å². The lowest BCUT2D eigenvalue weighted by Crippen LogP contribution is -2.52. The van der Waals surface area contributed by atoms with Crippen LogP contribution in [-0.4, -0.2) is 40.9 Å². The number of carbonyl (C=O) groups is 2. The quantitative estimate of drug-likeness (QED) is 0.686. The van der Waals surface area contributed by atoms with E-state index in [1.165, 1.54) is 0 Å². The Hall–Kier alpha value is -2.24. The maximum Gasteiger partial charge on any atom is 0.443 e. The molecule has 132 valence electrons. The highest BCUT2D eigenvalue weighted by Gasteiger charge is 2.60. The summed E-state index contributed by atoms with van der Waals surface area (Å²) in [7, 11) is 0. The van der Waals surface area contributed by atoms with Gasteiger partial charge >= 0.3 is 12.0 Å². The van der Waals surface area contributed by atoms with Crippen molar-refractivity contribution in [2.45, 2.75) is 46.1 Å². The molecule has 2 aliphatic carbocycles. The van der Waals surface area contributed by atoms with E-state index in [1.807, 2.05) is 19.9 Å².